The fraction of sp³-hybridized carbons (Fsp3) is 0.588. The number of rotatable bonds is 5. The Morgan fingerprint density at radius 2 is 1.88 bits per heavy atom. The first-order valence-electron chi connectivity index (χ1n) is 8.27. The summed E-state index contributed by atoms with van der Waals surface area (Å²) < 4.78 is 0. The summed E-state index contributed by atoms with van der Waals surface area (Å²) in [5.74, 6) is 0.468. The summed E-state index contributed by atoms with van der Waals surface area (Å²) in [5.41, 5.74) is 1.05. The van der Waals surface area contributed by atoms with Crippen LogP contribution in [0.25, 0.3) is 0 Å². The van der Waals surface area contributed by atoms with Crippen LogP contribution in [0, 0.1) is 16.0 Å². The molecule has 1 aromatic carbocycles. The third kappa shape index (κ3) is 4.23. The quantitative estimate of drug-likeness (QED) is 0.609. The average molecular weight is 334 g/mol. The highest BCUT2D eigenvalue weighted by Gasteiger charge is 2.26. The van der Waals surface area contributed by atoms with Crippen LogP contribution in [0.15, 0.2) is 18.2 Å². The Balaban J connectivity index is 2.17. The monoisotopic (exact) mass is 334 g/mol. The Hall–Kier alpha value is -2.15. The first kappa shape index (κ1) is 18.2. The van der Waals surface area contributed by atoms with Crippen molar-refractivity contribution in [3.63, 3.8) is 0 Å². The smallest absolute Gasteiger partial charge is 0.270 e. The zero-order valence-corrected chi connectivity index (χ0v) is 14.9. The number of nitro benzene ring substituents is 1. The van der Waals surface area contributed by atoms with Gasteiger partial charge in [-0.25, -0.2) is 0 Å². The molecule has 0 atom stereocenters. The van der Waals surface area contributed by atoms with Crippen LogP contribution in [-0.2, 0) is 0 Å². The second-order valence-electron chi connectivity index (χ2n) is 6.84. The van der Waals surface area contributed by atoms with E-state index in [1.807, 2.05) is 19.0 Å². The van der Waals surface area contributed by atoms with Crippen molar-refractivity contribution >= 4 is 17.3 Å². The van der Waals surface area contributed by atoms with Crippen LogP contribution in [0.5, 0.6) is 0 Å². The Bertz CT molecular complexity index is 608. The van der Waals surface area contributed by atoms with Crippen molar-refractivity contribution in [3.8, 4) is 0 Å². The topological polar surface area (TPSA) is 69.9 Å². The SMILES string of the molecule is CC(C)CN1CCN(C(=O)c2cc([N+](=O)[O-])ccc2N(C)C)CC1. The molecular weight excluding hydrogens is 308 g/mol. The van der Waals surface area contributed by atoms with E-state index in [0.29, 0.717) is 30.3 Å². The van der Waals surface area contributed by atoms with Gasteiger partial charge in [0.2, 0.25) is 0 Å². The van der Waals surface area contributed by atoms with Crippen LogP contribution in [0.2, 0.25) is 0 Å². The maximum Gasteiger partial charge on any atom is 0.270 e. The molecule has 0 spiro atoms. The second-order valence-corrected chi connectivity index (χ2v) is 6.84. The number of carbonyl (C=O) groups is 1. The van der Waals surface area contributed by atoms with Crippen molar-refractivity contribution in [2.75, 3.05) is 51.7 Å². The number of benzene rings is 1. The molecule has 1 amide bonds. The molecule has 24 heavy (non-hydrogen) atoms. The van der Waals surface area contributed by atoms with E-state index in [1.165, 1.54) is 12.1 Å². The van der Waals surface area contributed by atoms with Crippen LogP contribution in [0.3, 0.4) is 0 Å². The molecule has 1 saturated heterocycles. The summed E-state index contributed by atoms with van der Waals surface area (Å²) in [5, 5.41) is 11.0. The molecule has 0 N–H and O–H groups in total. The number of nitrogens with zero attached hydrogens (tertiary/aromatic N) is 4. The van der Waals surface area contributed by atoms with Gasteiger partial charge in [-0.15, -0.1) is 0 Å². The van der Waals surface area contributed by atoms with Gasteiger partial charge in [-0.3, -0.25) is 19.8 Å². The van der Waals surface area contributed by atoms with Crippen molar-refractivity contribution < 1.29 is 9.72 Å². The third-order valence-corrected chi connectivity index (χ3v) is 4.19. The van der Waals surface area contributed by atoms with Crippen LogP contribution >= 0.6 is 0 Å². The van der Waals surface area contributed by atoms with Crippen molar-refractivity contribution in [1.29, 1.82) is 0 Å². The number of piperazine rings is 1. The Morgan fingerprint density at radius 3 is 2.38 bits per heavy atom. The highest BCUT2D eigenvalue weighted by molar-refractivity contribution is 6.00. The standard InChI is InChI=1S/C17H26N4O3/c1-13(2)12-19-7-9-20(10-8-19)17(22)15-11-14(21(23)24)5-6-16(15)18(3)4/h5-6,11,13H,7-10,12H2,1-4H3. The van der Waals surface area contributed by atoms with Gasteiger partial charge in [-0.05, 0) is 12.0 Å². The lowest BCUT2D eigenvalue weighted by Gasteiger charge is -2.36. The van der Waals surface area contributed by atoms with Crippen LogP contribution < -0.4 is 4.90 Å². The van der Waals surface area contributed by atoms with Gasteiger partial charge in [-0.1, -0.05) is 13.8 Å². The van der Waals surface area contributed by atoms with Crippen molar-refractivity contribution in [3.05, 3.63) is 33.9 Å². The minimum Gasteiger partial charge on any atom is -0.377 e. The van der Waals surface area contributed by atoms with Crippen LogP contribution in [0.4, 0.5) is 11.4 Å². The number of carbonyl (C=O) groups excluding carboxylic acids is 1. The first-order valence-corrected chi connectivity index (χ1v) is 8.27. The first-order chi connectivity index (χ1) is 11.3. The molecule has 0 unspecified atom stereocenters. The van der Waals surface area contributed by atoms with E-state index in [0.717, 1.165) is 19.6 Å². The van der Waals surface area contributed by atoms with Gasteiger partial charge in [0.15, 0.2) is 0 Å². The Morgan fingerprint density at radius 1 is 1.25 bits per heavy atom. The fourth-order valence-corrected chi connectivity index (χ4v) is 3.02. The molecule has 1 heterocycles. The molecule has 0 aliphatic carbocycles. The lowest BCUT2D eigenvalue weighted by Crippen LogP contribution is -2.49. The zero-order chi connectivity index (χ0) is 17.9. The molecule has 1 aliphatic heterocycles. The normalized spacial score (nSPS) is 15.6. The third-order valence-electron chi connectivity index (χ3n) is 4.19. The van der Waals surface area contributed by atoms with Crippen LogP contribution in [0.1, 0.15) is 24.2 Å². The summed E-state index contributed by atoms with van der Waals surface area (Å²) in [4.78, 5) is 29.4. The maximum atomic E-state index is 12.9. The maximum absolute atomic E-state index is 12.9. The minimum atomic E-state index is -0.462. The predicted molar refractivity (Wildman–Crippen MR) is 94.6 cm³/mol. The molecule has 7 nitrogen and oxygen atoms in total. The highest BCUT2D eigenvalue weighted by Crippen LogP contribution is 2.26. The highest BCUT2D eigenvalue weighted by atomic mass is 16.6. The van der Waals surface area contributed by atoms with E-state index in [-0.39, 0.29) is 11.6 Å². The number of nitro groups is 1. The Kier molecular flexibility index (Phi) is 5.77. The van der Waals surface area contributed by atoms with E-state index >= 15 is 0 Å². The summed E-state index contributed by atoms with van der Waals surface area (Å²) in [7, 11) is 3.66. The summed E-state index contributed by atoms with van der Waals surface area (Å²) in [6, 6.07) is 4.46. The van der Waals surface area contributed by atoms with E-state index in [9.17, 15) is 14.9 Å². The van der Waals surface area contributed by atoms with Gasteiger partial charge in [0.25, 0.3) is 11.6 Å². The molecule has 0 radical (unpaired) electrons. The summed E-state index contributed by atoms with van der Waals surface area (Å²) >= 11 is 0. The molecule has 0 bridgehead atoms. The van der Waals surface area contributed by atoms with Crippen molar-refractivity contribution in [2.24, 2.45) is 5.92 Å². The van der Waals surface area contributed by atoms with E-state index in [1.54, 1.807) is 11.0 Å². The van der Waals surface area contributed by atoms with Gasteiger partial charge >= 0.3 is 0 Å². The second kappa shape index (κ2) is 7.61. The zero-order valence-electron chi connectivity index (χ0n) is 14.9. The van der Waals surface area contributed by atoms with Crippen molar-refractivity contribution in [2.45, 2.75) is 13.8 Å². The van der Waals surface area contributed by atoms with Gasteiger partial charge in [-0.2, -0.15) is 0 Å². The summed E-state index contributed by atoms with van der Waals surface area (Å²) in [6.45, 7) is 8.39. The van der Waals surface area contributed by atoms with E-state index < -0.39 is 4.92 Å². The number of hydrogen-bond donors (Lipinski definition) is 0. The lowest BCUT2D eigenvalue weighted by atomic mass is 10.1. The van der Waals surface area contributed by atoms with Gasteiger partial charge < -0.3 is 9.80 Å². The fourth-order valence-electron chi connectivity index (χ4n) is 3.02. The average Bonchev–Trinajstić information content (AvgIpc) is 2.53. The number of hydrogen-bond acceptors (Lipinski definition) is 5. The molecule has 1 fully saturated rings. The van der Waals surface area contributed by atoms with Gasteiger partial charge in [0, 0.05) is 64.6 Å². The van der Waals surface area contributed by atoms with Crippen LogP contribution in [-0.4, -0.2) is 67.4 Å². The number of amides is 1. The molecule has 7 heteroatoms. The molecule has 2 rings (SSSR count). The molecule has 1 aromatic rings. The molecular formula is C17H26N4O3. The number of non-ortho nitro benzene ring substituents is 1. The van der Waals surface area contributed by atoms with E-state index in [4.69, 9.17) is 0 Å². The molecule has 0 aromatic heterocycles. The Labute approximate surface area is 143 Å². The largest absolute Gasteiger partial charge is 0.377 e. The van der Waals surface area contributed by atoms with E-state index in [2.05, 4.69) is 18.7 Å². The predicted octanol–water partition coefficient (Wildman–Crippen LogP) is 2.07. The lowest BCUT2D eigenvalue weighted by molar-refractivity contribution is -0.384. The number of anilines is 1. The molecule has 1 aliphatic rings. The van der Waals surface area contributed by atoms with Crippen molar-refractivity contribution in [1.82, 2.24) is 9.80 Å². The molecule has 0 saturated carbocycles. The van der Waals surface area contributed by atoms with Gasteiger partial charge in [0.1, 0.15) is 0 Å². The minimum absolute atomic E-state index is 0.0533. The van der Waals surface area contributed by atoms with Gasteiger partial charge in [0.05, 0.1) is 10.5 Å². The molecule has 132 valence electrons. The summed E-state index contributed by atoms with van der Waals surface area (Å²) in [6.07, 6.45) is 0.